The quantitative estimate of drug-likeness (QED) is 0.459. The van der Waals surface area contributed by atoms with Gasteiger partial charge in [-0.3, -0.25) is 14.5 Å². The molecule has 8 heteroatoms. The monoisotopic (exact) mass is 473 g/mol. The van der Waals surface area contributed by atoms with Crippen molar-refractivity contribution >= 4 is 23.5 Å². The Kier molecular flexibility index (Phi) is 7.01. The van der Waals surface area contributed by atoms with Gasteiger partial charge in [-0.15, -0.1) is 0 Å². The number of amides is 4. The first-order chi connectivity index (χ1) is 17.0. The zero-order valence-corrected chi connectivity index (χ0v) is 19.6. The van der Waals surface area contributed by atoms with E-state index in [0.717, 1.165) is 4.90 Å². The minimum absolute atomic E-state index is 0.396. The van der Waals surface area contributed by atoms with Crippen LogP contribution in [-0.2, 0) is 15.1 Å². The Bertz CT molecular complexity index is 1170. The Hall–Kier alpha value is -4.33. The molecule has 0 radical (unpaired) electrons. The highest BCUT2D eigenvalue weighted by molar-refractivity contribution is 6.12. The van der Waals surface area contributed by atoms with Crippen LogP contribution in [0.1, 0.15) is 25.0 Å². The first-order valence-electron chi connectivity index (χ1n) is 11.4. The number of anilines is 1. The van der Waals surface area contributed by atoms with Crippen molar-refractivity contribution in [2.24, 2.45) is 0 Å². The molecule has 1 heterocycles. The molecule has 8 nitrogen and oxygen atoms in total. The Labute approximate surface area is 203 Å². The molecule has 1 fully saturated rings. The average molecular weight is 474 g/mol. The van der Waals surface area contributed by atoms with Crippen molar-refractivity contribution in [1.29, 1.82) is 0 Å². The summed E-state index contributed by atoms with van der Waals surface area (Å²) < 4.78 is 11.1. The van der Waals surface area contributed by atoms with Crippen LogP contribution in [0.3, 0.4) is 0 Å². The van der Waals surface area contributed by atoms with Gasteiger partial charge in [-0.1, -0.05) is 60.7 Å². The molecular formula is C27H27N3O5. The minimum atomic E-state index is -1.43. The molecule has 0 atom stereocenters. The van der Waals surface area contributed by atoms with E-state index < -0.39 is 29.9 Å². The smallest absolute Gasteiger partial charge is 0.326 e. The van der Waals surface area contributed by atoms with E-state index in [1.54, 1.807) is 66.7 Å². The second-order valence-electron chi connectivity index (χ2n) is 7.88. The summed E-state index contributed by atoms with van der Waals surface area (Å²) in [5.41, 5.74) is 0.184. The van der Waals surface area contributed by atoms with Crippen LogP contribution in [0.25, 0.3) is 0 Å². The van der Waals surface area contributed by atoms with E-state index in [1.165, 1.54) is 0 Å². The lowest BCUT2D eigenvalue weighted by molar-refractivity contribution is -0.133. The van der Waals surface area contributed by atoms with Crippen molar-refractivity contribution in [2.75, 3.05) is 25.1 Å². The summed E-state index contributed by atoms with van der Waals surface area (Å²) in [4.78, 5) is 40.7. The van der Waals surface area contributed by atoms with Gasteiger partial charge in [0.2, 0.25) is 5.91 Å². The van der Waals surface area contributed by atoms with E-state index in [2.05, 4.69) is 10.6 Å². The molecule has 4 rings (SSSR count). The molecule has 0 aromatic heterocycles. The van der Waals surface area contributed by atoms with Crippen molar-refractivity contribution < 1.29 is 23.9 Å². The normalized spacial score (nSPS) is 14.4. The number of ether oxygens (including phenoxy) is 2. The minimum Gasteiger partial charge on any atom is -0.494 e. The van der Waals surface area contributed by atoms with Gasteiger partial charge in [0, 0.05) is 6.07 Å². The Morgan fingerprint density at radius 1 is 0.886 bits per heavy atom. The Morgan fingerprint density at radius 2 is 1.49 bits per heavy atom. The zero-order chi connectivity index (χ0) is 24.8. The third-order valence-corrected chi connectivity index (χ3v) is 5.66. The molecule has 0 spiro atoms. The lowest BCUT2D eigenvalue weighted by Crippen LogP contribution is -2.45. The SMILES string of the molecule is CCOc1ccc(OCC)c(NC(=O)CN2C(=O)NC(c3ccccc3)(c3ccccc3)C2=O)c1. The van der Waals surface area contributed by atoms with Gasteiger partial charge < -0.3 is 20.1 Å². The van der Waals surface area contributed by atoms with Crippen LogP contribution in [0.5, 0.6) is 11.5 Å². The van der Waals surface area contributed by atoms with Crippen molar-refractivity contribution in [1.82, 2.24) is 10.2 Å². The number of carbonyl (C=O) groups is 3. The molecule has 4 amide bonds. The van der Waals surface area contributed by atoms with E-state index in [9.17, 15) is 14.4 Å². The Morgan fingerprint density at radius 3 is 2.06 bits per heavy atom. The summed E-state index contributed by atoms with van der Waals surface area (Å²) in [7, 11) is 0. The summed E-state index contributed by atoms with van der Waals surface area (Å²) in [5, 5.41) is 5.59. The predicted octanol–water partition coefficient (Wildman–Crippen LogP) is 3.92. The topological polar surface area (TPSA) is 97.0 Å². The van der Waals surface area contributed by atoms with Gasteiger partial charge in [-0.25, -0.2) is 4.79 Å². The Balaban J connectivity index is 1.61. The van der Waals surface area contributed by atoms with E-state index in [0.29, 0.717) is 41.5 Å². The third kappa shape index (κ3) is 4.68. The third-order valence-electron chi connectivity index (χ3n) is 5.66. The number of hydrogen-bond acceptors (Lipinski definition) is 5. The molecule has 3 aromatic rings. The molecular weight excluding hydrogens is 446 g/mol. The maximum atomic E-state index is 13.8. The van der Waals surface area contributed by atoms with Gasteiger partial charge in [0.15, 0.2) is 5.54 Å². The van der Waals surface area contributed by atoms with Gasteiger partial charge in [-0.05, 0) is 37.1 Å². The van der Waals surface area contributed by atoms with Gasteiger partial charge in [-0.2, -0.15) is 0 Å². The lowest BCUT2D eigenvalue weighted by Gasteiger charge is -2.28. The highest BCUT2D eigenvalue weighted by Crippen LogP contribution is 2.36. The van der Waals surface area contributed by atoms with E-state index >= 15 is 0 Å². The maximum Gasteiger partial charge on any atom is 0.326 e. The summed E-state index contributed by atoms with van der Waals surface area (Å²) in [5.74, 6) is -0.0407. The molecule has 0 aliphatic carbocycles. The standard InChI is InChI=1S/C27H27N3O5/c1-3-34-21-15-16-23(35-4-2)22(17-21)28-24(31)18-30-25(32)27(29-26(30)33,19-11-7-5-8-12-19)20-13-9-6-10-14-20/h5-17H,3-4,18H2,1-2H3,(H,28,31)(H,29,33). The van der Waals surface area contributed by atoms with E-state index in [4.69, 9.17) is 9.47 Å². The molecule has 35 heavy (non-hydrogen) atoms. The molecule has 0 saturated carbocycles. The number of urea groups is 1. The fraction of sp³-hybridized carbons (Fsp3) is 0.222. The van der Waals surface area contributed by atoms with Crippen molar-refractivity contribution in [3.8, 4) is 11.5 Å². The van der Waals surface area contributed by atoms with Crippen molar-refractivity contribution in [3.63, 3.8) is 0 Å². The van der Waals surface area contributed by atoms with Crippen LogP contribution in [0.15, 0.2) is 78.9 Å². The number of rotatable bonds is 9. The summed E-state index contributed by atoms with van der Waals surface area (Å²) in [6.07, 6.45) is 0. The molecule has 0 bridgehead atoms. The molecule has 3 aromatic carbocycles. The predicted molar refractivity (Wildman–Crippen MR) is 131 cm³/mol. The number of benzene rings is 3. The molecule has 1 aliphatic rings. The summed E-state index contributed by atoms with van der Waals surface area (Å²) >= 11 is 0. The number of hydrogen-bond donors (Lipinski definition) is 2. The highest BCUT2D eigenvalue weighted by atomic mass is 16.5. The van der Waals surface area contributed by atoms with Crippen LogP contribution >= 0.6 is 0 Å². The molecule has 2 N–H and O–H groups in total. The van der Waals surface area contributed by atoms with E-state index in [1.807, 2.05) is 26.0 Å². The second-order valence-corrected chi connectivity index (χ2v) is 7.88. The number of imide groups is 1. The molecule has 1 saturated heterocycles. The summed E-state index contributed by atoms with van der Waals surface area (Å²) in [6.45, 7) is 4.10. The molecule has 180 valence electrons. The summed E-state index contributed by atoms with van der Waals surface area (Å²) in [6, 6.07) is 22.4. The van der Waals surface area contributed by atoms with Gasteiger partial charge in [0.25, 0.3) is 5.91 Å². The number of nitrogens with zero attached hydrogens (tertiary/aromatic N) is 1. The average Bonchev–Trinajstić information content (AvgIpc) is 3.12. The first-order valence-corrected chi connectivity index (χ1v) is 11.4. The highest BCUT2D eigenvalue weighted by Gasteiger charge is 2.54. The van der Waals surface area contributed by atoms with Gasteiger partial charge >= 0.3 is 6.03 Å². The lowest BCUT2D eigenvalue weighted by atomic mass is 9.82. The zero-order valence-electron chi connectivity index (χ0n) is 19.6. The van der Waals surface area contributed by atoms with E-state index in [-0.39, 0.29) is 0 Å². The largest absolute Gasteiger partial charge is 0.494 e. The van der Waals surface area contributed by atoms with Gasteiger partial charge in [0.05, 0.1) is 18.9 Å². The first kappa shape index (κ1) is 23.8. The van der Waals surface area contributed by atoms with Crippen LogP contribution in [0.2, 0.25) is 0 Å². The van der Waals surface area contributed by atoms with Gasteiger partial charge in [0.1, 0.15) is 18.0 Å². The molecule has 1 aliphatic heterocycles. The second kappa shape index (κ2) is 10.3. The number of carbonyl (C=O) groups excluding carboxylic acids is 3. The number of nitrogens with one attached hydrogen (secondary N) is 2. The molecule has 0 unspecified atom stereocenters. The van der Waals surface area contributed by atoms with Crippen molar-refractivity contribution in [2.45, 2.75) is 19.4 Å². The van der Waals surface area contributed by atoms with Crippen LogP contribution in [0.4, 0.5) is 10.5 Å². The van der Waals surface area contributed by atoms with Crippen molar-refractivity contribution in [3.05, 3.63) is 90.0 Å². The fourth-order valence-electron chi connectivity index (χ4n) is 4.13. The maximum absolute atomic E-state index is 13.8. The fourth-order valence-corrected chi connectivity index (χ4v) is 4.13. The van der Waals surface area contributed by atoms with Crippen LogP contribution < -0.4 is 20.1 Å². The van der Waals surface area contributed by atoms with Crippen LogP contribution in [-0.4, -0.2) is 42.5 Å². The van der Waals surface area contributed by atoms with Crippen LogP contribution in [0, 0.1) is 0 Å².